The van der Waals surface area contributed by atoms with E-state index < -0.39 is 0 Å². The lowest BCUT2D eigenvalue weighted by molar-refractivity contribution is 0.755. The fourth-order valence-electron chi connectivity index (χ4n) is 1.04. The first-order valence-corrected chi connectivity index (χ1v) is 4.63. The first-order valence-electron chi connectivity index (χ1n) is 4.25. The molecule has 0 fully saturated rings. The van der Waals surface area contributed by atoms with Crippen molar-refractivity contribution >= 4 is 11.6 Å². The van der Waals surface area contributed by atoms with E-state index in [4.69, 9.17) is 16.9 Å². The Morgan fingerprint density at radius 1 is 1.43 bits per heavy atom. The Morgan fingerprint density at radius 3 is 2.57 bits per heavy atom. The molecule has 1 rings (SSSR count). The highest BCUT2D eigenvalue weighted by atomic mass is 35.5. The van der Waals surface area contributed by atoms with Crippen LogP contribution in [0.15, 0.2) is 35.9 Å². The van der Waals surface area contributed by atoms with Gasteiger partial charge in [-0.2, -0.15) is 5.26 Å². The molecule has 0 spiro atoms. The molecule has 3 heteroatoms. The van der Waals surface area contributed by atoms with E-state index >= 15 is 0 Å². The quantitative estimate of drug-likeness (QED) is 0.821. The summed E-state index contributed by atoms with van der Waals surface area (Å²) in [4.78, 5) is 0. The van der Waals surface area contributed by atoms with Gasteiger partial charge in [-0.05, 0) is 17.7 Å². The van der Waals surface area contributed by atoms with Gasteiger partial charge in [-0.1, -0.05) is 30.3 Å². The molecular weight excluding hydrogens is 196 g/mol. The third-order valence-electron chi connectivity index (χ3n) is 1.73. The molecule has 0 saturated carbocycles. The van der Waals surface area contributed by atoms with Crippen LogP contribution in [0.4, 0.5) is 0 Å². The first kappa shape index (κ1) is 10.8. The second-order valence-corrected chi connectivity index (χ2v) is 3.46. The number of hydrogen-bond donors (Lipinski definition) is 1. The predicted octanol–water partition coefficient (Wildman–Crippen LogP) is 2.40. The zero-order valence-corrected chi connectivity index (χ0v) is 8.51. The van der Waals surface area contributed by atoms with Gasteiger partial charge in [0.2, 0.25) is 0 Å². The molecule has 0 bridgehead atoms. The topological polar surface area (TPSA) is 35.8 Å². The monoisotopic (exact) mass is 206 g/mol. The molecule has 1 aromatic carbocycles. The number of rotatable bonds is 4. The fraction of sp³-hybridized carbons (Fsp3) is 0.182. The van der Waals surface area contributed by atoms with Crippen molar-refractivity contribution in [2.45, 2.75) is 6.54 Å². The number of nitrogens with zero attached hydrogens (tertiary/aromatic N) is 1. The van der Waals surface area contributed by atoms with Gasteiger partial charge < -0.3 is 5.32 Å². The van der Waals surface area contributed by atoms with E-state index in [1.807, 2.05) is 12.1 Å². The van der Waals surface area contributed by atoms with Gasteiger partial charge in [-0.15, -0.1) is 0 Å². The molecule has 0 heterocycles. The van der Waals surface area contributed by atoms with Gasteiger partial charge in [0.25, 0.3) is 0 Å². The zero-order valence-electron chi connectivity index (χ0n) is 7.76. The Hall–Kier alpha value is -1.30. The van der Waals surface area contributed by atoms with E-state index in [1.54, 1.807) is 12.1 Å². The molecule has 1 N–H and O–H groups in total. The summed E-state index contributed by atoms with van der Waals surface area (Å²) in [6.07, 6.45) is 0. The number of benzene rings is 1. The highest BCUT2D eigenvalue weighted by Crippen LogP contribution is 2.03. The van der Waals surface area contributed by atoms with Crippen LogP contribution >= 0.6 is 11.6 Å². The minimum Gasteiger partial charge on any atom is -0.308 e. The lowest BCUT2D eigenvalue weighted by Crippen LogP contribution is -2.14. The maximum absolute atomic E-state index is 8.58. The second kappa shape index (κ2) is 5.43. The molecule has 0 aliphatic heterocycles. The molecule has 14 heavy (non-hydrogen) atoms. The Labute approximate surface area is 88.8 Å². The largest absolute Gasteiger partial charge is 0.308 e. The standard InChI is InChI=1S/C11H11ClN2/c1-9(12)7-14-8-11-4-2-10(6-13)3-5-11/h2-5,14H,1,7-8H2. The van der Waals surface area contributed by atoms with Crippen LogP contribution in [0, 0.1) is 11.3 Å². The molecule has 0 radical (unpaired) electrons. The summed E-state index contributed by atoms with van der Waals surface area (Å²) in [5.74, 6) is 0. The summed E-state index contributed by atoms with van der Waals surface area (Å²) in [5.41, 5.74) is 1.80. The van der Waals surface area contributed by atoms with Crippen LogP contribution in [-0.2, 0) is 6.54 Å². The lowest BCUT2D eigenvalue weighted by atomic mass is 10.1. The van der Waals surface area contributed by atoms with Crippen LogP contribution in [0.2, 0.25) is 0 Å². The number of nitriles is 1. The summed E-state index contributed by atoms with van der Waals surface area (Å²) < 4.78 is 0. The van der Waals surface area contributed by atoms with Gasteiger partial charge in [0.15, 0.2) is 0 Å². The van der Waals surface area contributed by atoms with Crippen LogP contribution in [-0.4, -0.2) is 6.54 Å². The minimum atomic E-state index is 0.596. The van der Waals surface area contributed by atoms with Crippen LogP contribution in [0.5, 0.6) is 0 Å². The van der Waals surface area contributed by atoms with Crippen molar-refractivity contribution in [1.29, 1.82) is 5.26 Å². The molecule has 0 amide bonds. The van der Waals surface area contributed by atoms with Crippen molar-refractivity contribution in [3.63, 3.8) is 0 Å². The summed E-state index contributed by atoms with van der Waals surface area (Å²) in [6.45, 7) is 4.91. The molecule has 0 aliphatic rings. The summed E-state index contributed by atoms with van der Waals surface area (Å²) in [6, 6.07) is 9.51. The number of nitrogens with one attached hydrogen (secondary N) is 1. The molecule has 0 saturated heterocycles. The number of halogens is 1. The van der Waals surface area contributed by atoms with Crippen LogP contribution < -0.4 is 5.32 Å². The molecule has 0 unspecified atom stereocenters. The minimum absolute atomic E-state index is 0.596. The van der Waals surface area contributed by atoms with E-state index in [2.05, 4.69) is 18.0 Å². The van der Waals surface area contributed by atoms with Gasteiger partial charge in [-0.3, -0.25) is 0 Å². The molecule has 0 aromatic heterocycles. The van der Waals surface area contributed by atoms with Gasteiger partial charge in [0, 0.05) is 18.1 Å². The van der Waals surface area contributed by atoms with Crippen molar-refractivity contribution in [2.75, 3.05) is 6.54 Å². The summed E-state index contributed by atoms with van der Waals surface area (Å²) in [7, 11) is 0. The smallest absolute Gasteiger partial charge is 0.0991 e. The van der Waals surface area contributed by atoms with E-state index in [0.29, 0.717) is 17.1 Å². The van der Waals surface area contributed by atoms with Crippen molar-refractivity contribution < 1.29 is 0 Å². The highest BCUT2D eigenvalue weighted by Gasteiger charge is 1.93. The molecule has 72 valence electrons. The van der Waals surface area contributed by atoms with Gasteiger partial charge in [0.1, 0.15) is 0 Å². The summed E-state index contributed by atoms with van der Waals surface area (Å²) in [5, 5.41) is 12.3. The van der Waals surface area contributed by atoms with E-state index in [0.717, 1.165) is 12.1 Å². The van der Waals surface area contributed by atoms with Crippen molar-refractivity contribution in [2.24, 2.45) is 0 Å². The Kier molecular flexibility index (Phi) is 4.18. The highest BCUT2D eigenvalue weighted by molar-refractivity contribution is 6.29. The van der Waals surface area contributed by atoms with Gasteiger partial charge in [0.05, 0.1) is 11.6 Å². The molecule has 2 nitrogen and oxygen atoms in total. The molecular formula is C11H11ClN2. The fourth-order valence-corrected chi connectivity index (χ4v) is 1.13. The SMILES string of the molecule is C=C(Cl)CNCc1ccc(C#N)cc1. The van der Waals surface area contributed by atoms with Crippen molar-refractivity contribution in [1.82, 2.24) is 5.32 Å². The van der Waals surface area contributed by atoms with Gasteiger partial charge in [-0.25, -0.2) is 0 Å². The van der Waals surface area contributed by atoms with Crippen LogP contribution in [0.3, 0.4) is 0 Å². The zero-order chi connectivity index (χ0) is 10.4. The van der Waals surface area contributed by atoms with E-state index in [-0.39, 0.29) is 0 Å². The Morgan fingerprint density at radius 2 is 2.07 bits per heavy atom. The average Bonchev–Trinajstić information content (AvgIpc) is 2.18. The molecule has 0 aliphatic carbocycles. The normalized spacial score (nSPS) is 9.43. The Bertz CT molecular complexity index is 349. The maximum atomic E-state index is 8.58. The third kappa shape index (κ3) is 3.61. The Balaban J connectivity index is 2.45. The number of hydrogen-bond acceptors (Lipinski definition) is 2. The average molecular weight is 207 g/mol. The van der Waals surface area contributed by atoms with E-state index in [9.17, 15) is 0 Å². The van der Waals surface area contributed by atoms with Crippen molar-refractivity contribution in [3.05, 3.63) is 47.0 Å². The lowest BCUT2D eigenvalue weighted by Gasteiger charge is -2.02. The second-order valence-electron chi connectivity index (χ2n) is 2.93. The maximum Gasteiger partial charge on any atom is 0.0991 e. The van der Waals surface area contributed by atoms with Crippen LogP contribution in [0.25, 0.3) is 0 Å². The third-order valence-corrected chi connectivity index (χ3v) is 1.86. The molecule has 1 aromatic rings. The first-order chi connectivity index (χ1) is 6.72. The van der Waals surface area contributed by atoms with Crippen LogP contribution in [0.1, 0.15) is 11.1 Å². The van der Waals surface area contributed by atoms with Gasteiger partial charge >= 0.3 is 0 Å². The van der Waals surface area contributed by atoms with E-state index in [1.165, 1.54) is 0 Å². The molecule has 0 atom stereocenters. The van der Waals surface area contributed by atoms with Crippen molar-refractivity contribution in [3.8, 4) is 6.07 Å². The summed E-state index contributed by atoms with van der Waals surface area (Å²) >= 11 is 5.59. The predicted molar refractivity (Wildman–Crippen MR) is 57.9 cm³/mol.